The maximum Gasteiger partial charge on any atom is 0.265 e. The van der Waals surface area contributed by atoms with Gasteiger partial charge >= 0.3 is 0 Å². The number of ether oxygens (including phenoxy) is 1. The summed E-state index contributed by atoms with van der Waals surface area (Å²) in [5.41, 5.74) is 4.12. The van der Waals surface area contributed by atoms with Gasteiger partial charge in [-0.3, -0.25) is 14.4 Å². The lowest BCUT2D eigenvalue weighted by Gasteiger charge is -2.30. The first-order chi connectivity index (χ1) is 14.9. The Kier molecular flexibility index (Phi) is 5.54. The molecule has 0 spiro atoms. The van der Waals surface area contributed by atoms with Crippen LogP contribution in [-0.4, -0.2) is 24.2 Å². The van der Waals surface area contributed by atoms with Crippen LogP contribution < -0.4 is 15.0 Å². The van der Waals surface area contributed by atoms with Gasteiger partial charge in [0.2, 0.25) is 0 Å². The molecule has 0 fully saturated rings. The summed E-state index contributed by atoms with van der Waals surface area (Å²) in [5.74, 6) is -0.0225. The number of nitrogens with one attached hydrogen (secondary N) is 1. The van der Waals surface area contributed by atoms with Gasteiger partial charge in [0.25, 0.3) is 11.8 Å². The smallest absolute Gasteiger partial charge is 0.265 e. The number of hydrogen-bond acceptors (Lipinski definition) is 4. The van der Waals surface area contributed by atoms with Crippen molar-refractivity contribution in [2.75, 3.05) is 16.8 Å². The molecule has 0 unspecified atom stereocenters. The molecule has 6 heteroatoms. The minimum atomic E-state index is -0.336. The van der Waals surface area contributed by atoms with Crippen molar-refractivity contribution >= 4 is 29.0 Å². The van der Waals surface area contributed by atoms with Gasteiger partial charge in [0.05, 0.1) is 12.2 Å². The number of benzene rings is 3. The van der Waals surface area contributed by atoms with Gasteiger partial charge in [-0.05, 0) is 49.7 Å². The fraction of sp³-hybridized carbons (Fsp3) is 0.160. The average molecular weight is 414 g/mol. The number of hydrogen-bond donors (Lipinski definition) is 1. The average Bonchev–Trinajstić information content (AvgIpc) is 2.77. The fourth-order valence-electron chi connectivity index (χ4n) is 3.41. The summed E-state index contributed by atoms with van der Waals surface area (Å²) in [5, 5.41) is 2.81. The normalized spacial score (nSPS) is 12.7. The molecule has 2 amide bonds. The minimum Gasteiger partial charge on any atom is -0.482 e. The van der Waals surface area contributed by atoms with Gasteiger partial charge in [-0.1, -0.05) is 42.0 Å². The van der Waals surface area contributed by atoms with Crippen molar-refractivity contribution in [3.63, 3.8) is 0 Å². The number of Topliss-reactive ketones (excluding diaryl/α,β-unsaturated/α-hetero) is 1. The molecular formula is C25H22N2O4. The van der Waals surface area contributed by atoms with E-state index in [1.165, 1.54) is 6.92 Å². The molecule has 156 valence electrons. The number of carbonyl (C=O) groups excluding carboxylic acids is 3. The van der Waals surface area contributed by atoms with Crippen LogP contribution in [0, 0.1) is 6.92 Å². The van der Waals surface area contributed by atoms with E-state index < -0.39 is 0 Å². The third-order valence-corrected chi connectivity index (χ3v) is 5.15. The highest BCUT2D eigenvalue weighted by atomic mass is 16.5. The Bertz CT molecular complexity index is 1170. The van der Waals surface area contributed by atoms with Gasteiger partial charge in [0.15, 0.2) is 12.4 Å². The van der Waals surface area contributed by atoms with E-state index in [1.54, 1.807) is 47.4 Å². The predicted octanol–water partition coefficient (Wildman–Crippen LogP) is 4.38. The number of amides is 2. The Hall–Kier alpha value is -3.93. The molecule has 6 nitrogen and oxygen atoms in total. The van der Waals surface area contributed by atoms with Crippen LogP contribution in [0.25, 0.3) is 0 Å². The van der Waals surface area contributed by atoms with E-state index in [1.807, 2.05) is 31.2 Å². The predicted molar refractivity (Wildman–Crippen MR) is 119 cm³/mol. The first-order valence-electron chi connectivity index (χ1n) is 9.96. The van der Waals surface area contributed by atoms with Crippen molar-refractivity contribution in [2.24, 2.45) is 0 Å². The molecule has 31 heavy (non-hydrogen) atoms. The summed E-state index contributed by atoms with van der Waals surface area (Å²) in [7, 11) is 0. The Morgan fingerprint density at radius 2 is 1.77 bits per heavy atom. The maximum absolute atomic E-state index is 12.8. The summed E-state index contributed by atoms with van der Waals surface area (Å²) < 4.78 is 5.56. The third-order valence-electron chi connectivity index (χ3n) is 5.15. The van der Waals surface area contributed by atoms with Gasteiger partial charge in [-0.15, -0.1) is 0 Å². The summed E-state index contributed by atoms with van der Waals surface area (Å²) in [6, 6.07) is 19.7. The minimum absolute atomic E-state index is 0.0394. The number of aryl methyl sites for hydroxylation is 1. The maximum atomic E-state index is 12.8. The summed E-state index contributed by atoms with van der Waals surface area (Å²) in [6.45, 7) is 3.84. The van der Waals surface area contributed by atoms with Crippen LogP contribution in [0.2, 0.25) is 0 Å². The molecule has 3 aromatic carbocycles. The molecule has 3 aromatic rings. The number of fused-ring (bicyclic) bond motifs is 1. The summed E-state index contributed by atoms with van der Waals surface area (Å²) in [6.07, 6.45) is 0. The lowest BCUT2D eigenvalue weighted by Crippen LogP contribution is -2.38. The summed E-state index contributed by atoms with van der Waals surface area (Å²) in [4.78, 5) is 38.6. The van der Waals surface area contributed by atoms with E-state index in [9.17, 15) is 14.4 Å². The molecule has 0 aromatic heterocycles. The van der Waals surface area contributed by atoms with Gasteiger partial charge in [0, 0.05) is 16.8 Å². The Morgan fingerprint density at radius 3 is 2.52 bits per heavy atom. The monoisotopic (exact) mass is 414 g/mol. The van der Waals surface area contributed by atoms with Gasteiger partial charge in [0.1, 0.15) is 5.75 Å². The highest BCUT2D eigenvalue weighted by Crippen LogP contribution is 2.34. The van der Waals surface area contributed by atoms with E-state index in [2.05, 4.69) is 5.32 Å². The molecule has 1 aliphatic rings. The number of anilines is 2. The molecule has 0 atom stereocenters. The van der Waals surface area contributed by atoms with Crippen molar-refractivity contribution in [2.45, 2.75) is 20.4 Å². The molecule has 4 rings (SSSR count). The quantitative estimate of drug-likeness (QED) is 0.629. The van der Waals surface area contributed by atoms with Crippen LogP contribution in [0.1, 0.15) is 38.8 Å². The van der Waals surface area contributed by atoms with Crippen molar-refractivity contribution in [1.29, 1.82) is 0 Å². The zero-order valence-corrected chi connectivity index (χ0v) is 17.3. The molecule has 1 aliphatic heterocycles. The molecule has 0 radical (unpaired) electrons. The fourth-order valence-corrected chi connectivity index (χ4v) is 3.41. The first kappa shape index (κ1) is 20.3. The number of nitrogens with zero attached hydrogens (tertiary/aromatic N) is 1. The van der Waals surface area contributed by atoms with Gasteiger partial charge < -0.3 is 15.0 Å². The van der Waals surface area contributed by atoms with Crippen LogP contribution >= 0.6 is 0 Å². The second-order valence-electron chi connectivity index (χ2n) is 7.53. The lowest BCUT2D eigenvalue weighted by molar-refractivity contribution is -0.121. The van der Waals surface area contributed by atoms with E-state index in [0.29, 0.717) is 34.8 Å². The van der Waals surface area contributed by atoms with Crippen molar-refractivity contribution in [3.05, 3.63) is 89.0 Å². The van der Waals surface area contributed by atoms with E-state index in [4.69, 9.17) is 4.74 Å². The first-order valence-corrected chi connectivity index (χ1v) is 9.96. The van der Waals surface area contributed by atoms with Crippen LogP contribution in [0.15, 0.2) is 66.7 Å². The van der Waals surface area contributed by atoms with Crippen LogP contribution in [-0.2, 0) is 11.3 Å². The zero-order valence-electron chi connectivity index (χ0n) is 17.3. The largest absolute Gasteiger partial charge is 0.482 e. The molecule has 1 heterocycles. The van der Waals surface area contributed by atoms with E-state index in [0.717, 1.165) is 11.1 Å². The van der Waals surface area contributed by atoms with Gasteiger partial charge in [-0.25, -0.2) is 0 Å². The number of rotatable bonds is 5. The van der Waals surface area contributed by atoms with Crippen LogP contribution in [0.4, 0.5) is 11.4 Å². The summed E-state index contributed by atoms with van der Waals surface area (Å²) >= 11 is 0. The Labute approximate surface area is 180 Å². The van der Waals surface area contributed by atoms with E-state index >= 15 is 0 Å². The van der Waals surface area contributed by atoms with Crippen LogP contribution in [0.5, 0.6) is 5.75 Å². The molecule has 1 N–H and O–H groups in total. The molecule has 0 saturated carbocycles. The Balaban J connectivity index is 1.60. The van der Waals surface area contributed by atoms with Crippen LogP contribution in [0.3, 0.4) is 0 Å². The van der Waals surface area contributed by atoms with Crippen molar-refractivity contribution < 1.29 is 19.1 Å². The molecule has 0 aliphatic carbocycles. The van der Waals surface area contributed by atoms with Gasteiger partial charge in [-0.2, -0.15) is 0 Å². The lowest BCUT2D eigenvalue weighted by atomic mass is 10.1. The highest BCUT2D eigenvalue weighted by molar-refractivity contribution is 6.07. The number of carbonyl (C=O) groups is 3. The molecule has 0 saturated heterocycles. The topological polar surface area (TPSA) is 75.7 Å². The number of ketones is 1. The second-order valence-corrected chi connectivity index (χ2v) is 7.53. The SMILES string of the molecule is CC(=O)c1cccc(NC(=O)c2ccc3c(c2)N(Cc2ccc(C)cc2)C(=O)CO3)c1. The third kappa shape index (κ3) is 4.48. The highest BCUT2D eigenvalue weighted by Gasteiger charge is 2.26. The molecule has 0 bridgehead atoms. The zero-order chi connectivity index (χ0) is 22.0. The Morgan fingerprint density at radius 1 is 1.00 bits per heavy atom. The standard InChI is InChI=1S/C25H22N2O4/c1-16-6-8-18(9-7-16)14-27-22-13-20(10-11-23(22)31-15-24(27)29)25(30)26-21-5-3-4-19(12-21)17(2)28/h3-13H,14-15H2,1-2H3,(H,26,30). The van der Waals surface area contributed by atoms with E-state index in [-0.39, 0.29) is 24.2 Å². The van der Waals surface area contributed by atoms with Crippen molar-refractivity contribution in [3.8, 4) is 5.75 Å². The van der Waals surface area contributed by atoms with Crippen molar-refractivity contribution in [1.82, 2.24) is 0 Å². The second kappa shape index (κ2) is 8.44. The molecular weight excluding hydrogens is 392 g/mol.